The minimum atomic E-state index is -0.486. The van der Waals surface area contributed by atoms with Gasteiger partial charge in [0.05, 0.1) is 0 Å². The summed E-state index contributed by atoms with van der Waals surface area (Å²) in [5.74, 6) is 2.17. The van der Waals surface area contributed by atoms with Gasteiger partial charge in [-0.3, -0.25) is 0 Å². The van der Waals surface area contributed by atoms with Crippen LogP contribution in [-0.2, 0) is 19.5 Å². The Balaban J connectivity index is 0.00000200. The summed E-state index contributed by atoms with van der Waals surface area (Å²) in [6.07, 6.45) is 7.65. The fraction of sp³-hybridized carbons (Fsp3) is 0.412. The Bertz CT molecular complexity index is 481. The molecular weight excluding hydrogens is 339 g/mol. The molecule has 0 bridgehead atoms. The quantitative estimate of drug-likeness (QED) is 0.622. The molecule has 0 saturated carbocycles. The van der Waals surface area contributed by atoms with Gasteiger partial charge in [0, 0.05) is 0 Å². The van der Waals surface area contributed by atoms with Crippen molar-refractivity contribution < 1.29 is 47.7 Å². The molecule has 1 aromatic rings. The Kier molecular flexibility index (Phi) is 9.64. The van der Waals surface area contributed by atoms with Crippen molar-refractivity contribution in [2.24, 2.45) is 0 Å². The minimum Gasteiger partial charge on any atom is -1.00 e. The monoisotopic (exact) mass is 360 g/mol. The summed E-state index contributed by atoms with van der Waals surface area (Å²) in [6, 6.07) is 6.58. The third kappa shape index (κ3) is 5.49. The van der Waals surface area contributed by atoms with Gasteiger partial charge in [-0.15, -0.1) is 0 Å². The van der Waals surface area contributed by atoms with Crippen molar-refractivity contribution in [3.05, 3.63) is 51.4 Å². The predicted molar refractivity (Wildman–Crippen MR) is 77.1 cm³/mol. The van der Waals surface area contributed by atoms with Gasteiger partial charge in [0.15, 0.2) is 0 Å². The molecule has 0 radical (unpaired) electrons. The summed E-state index contributed by atoms with van der Waals surface area (Å²) in [7, 11) is 0. The Morgan fingerprint density at radius 1 is 1.00 bits per heavy atom. The molecule has 0 heterocycles. The number of benzene rings is 1. The van der Waals surface area contributed by atoms with Gasteiger partial charge >= 0.3 is 126 Å². The van der Waals surface area contributed by atoms with Crippen LogP contribution in [0.15, 0.2) is 40.3 Å². The zero-order chi connectivity index (χ0) is 13.8. The first-order valence-electron chi connectivity index (χ1n) is 7.01. The maximum absolute atomic E-state index is 6.29. The number of hydrogen-bond acceptors (Lipinski definition) is 1. The summed E-state index contributed by atoms with van der Waals surface area (Å²) < 4.78 is 7.77. The predicted octanol–water partition coefficient (Wildman–Crippen LogP) is -0.838. The fourth-order valence-electron chi connectivity index (χ4n) is 2.24. The van der Waals surface area contributed by atoms with Gasteiger partial charge in [-0.25, -0.2) is 0 Å². The zero-order valence-corrected chi connectivity index (χ0v) is 16.1. The second kappa shape index (κ2) is 9.74. The van der Waals surface area contributed by atoms with Crippen molar-refractivity contribution >= 4 is 0 Å². The van der Waals surface area contributed by atoms with E-state index in [1.54, 1.807) is 0 Å². The van der Waals surface area contributed by atoms with Crippen LogP contribution in [0.5, 0.6) is 5.75 Å². The van der Waals surface area contributed by atoms with Crippen LogP contribution in [-0.4, -0.2) is 0 Å². The van der Waals surface area contributed by atoms with Crippen LogP contribution < -0.4 is 28.1 Å². The molecule has 4 heteroatoms. The van der Waals surface area contributed by atoms with Gasteiger partial charge in [-0.2, -0.15) is 0 Å². The van der Waals surface area contributed by atoms with E-state index < -0.39 is 19.5 Å². The first-order valence-corrected chi connectivity index (χ1v) is 8.42. The van der Waals surface area contributed by atoms with Crippen molar-refractivity contribution in [3.8, 4) is 5.75 Å². The van der Waals surface area contributed by atoms with Crippen molar-refractivity contribution in [3.63, 3.8) is 0 Å². The Hall–Kier alpha value is -0.206. The van der Waals surface area contributed by atoms with Crippen LogP contribution >= 0.6 is 0 Å². The Morgan fingerprint density at radius 3 is 2.00 bits per heavy atom. The van der Waals surface area contributed by atoms with E-state index in [0.717, 1.165) is 12.2 Å². The normalized spacial score (nSPS) is 12.6. The molecule has 0 amide bonds. The molecule has 0 saturated heterocycles. The molecule has 0 unspecified atom stereocenters. The number of rotatable bonds is 5. The zero-order valence-electron chi connectivity index (χ0n) is 13.0. The molecule has 114 valence electrons. The van der Waals surface area contributed by atoms with Crippen LogP contribution in [0, 0.1) is 0 Å². The molecule has 1 nitrogen and oxygen atoms in total. The molecule has 0 atom stereocenters. The number of allylic oxidation sites excluding steroid dienone is 4. The van der Waals surface area contributed by atoms with Crippen molar-refractivity contribution in [2.75, 3.05) is 0 Å². The van der Waals surface area contributed by atoms with Gasteiger partial charge < -0.3 is 24.8 Å². The van der Waals surface area contributed by atoms with E-state index in [2.05, 4.69) is 64.1 Å². The topological polar surface area (TPSA) is 9.23 Å². The van der Waals surface area contributed by atoms with Crippen molar-refractivity contribution in [2.45, 2.75) is 46.0 Å². The van der Waals surface area contributed by atoms with Gasteiger partial charge in [-0.05, 0) is 0 Å². The van der Waals surface area contributed by atoms with Crippen LogP contribution in [0.3, 0.4) is 0 Å². The van der Waals surface area contributed by atoms with E-state index >= 15 is 0 Å². The average Bonchev–Trinajstić information content (AvgIpc) is 2.88. The molecule has 21 heavy (non-hydrogen) atoms. The maximum atomic E-state index is 6.29. The molecule has 2 rings (SSSR count). The summed E-state index contributed by atoms with van der Waals surface area (Å²) >= 11 is -0.486. The Morgan fingerprint density at radius 2 is 1.57 bits per heavy atom. The van der Waals surface area contributed by atoms with Gasteiger partial charge in [-0.1, -0.05) is 0 Å². The molecule has 1 aliphatic carbocycles. The van der Waals surface area contributed by atoms with E-state index in [1.165, 1.54) is 15.0 Å². The smallest absolute Gasteiger partial charge is 1.00 e. The first kappa shape index (κ1) is 20.8. The van der Waals surface area contributed by atoms with Crippen LogP contribution in [0.1, 0.15) is 57.1 Å². The maximum Gasteiger partial charge on any atom is -1.00 e. The molecule has 0 spiro atoms. The molecule has 0 fully saturated rings. The summed E-state index contributed by atoms with van der Waals surface area (Å²) in [5, 5.41) is 0. The van der Waals surface area contributed by atoms with Gasteiger partial charge in [0.1, 0.15) is 0 Å². The third-order valence-electron chi connectivity index (χ3n) is 3.38. The molecule has 0 aliphatic heterocycles. The average molecular weight is 361 g/mol. The van der Waals surface area contributed by atoms with Crippen LogP contribution in [0.4, 0.5) is 0 Å². The van der Waals surface area contributed by atoms with Gasteiger partial charge in [0.2, 0.25) is 0 Å². The molecule has 0 N–H and O–H groups in total. The number of para-hydroxylation sites is 1. The second-order valence-corrected chi connectivity index (χ2v) is 7.24. The SMILES string of the molecule is CC(C)c1cccc(C(C)C)c1[O][Ti+2][C]1=CC=CC1.[Cl-].[Cl-]. The van der Waals surface area contributed by atoms with E-state index in [1.807, 2.05) is 0 Å². The van der Waals surface area contributed by atoms with Crippen LogP contribution in [0.25, 0.3) is 0 Å². The molecule has 1 aromatic carbocycles. The van der Waals surface area contributed by atoms with Crippen molar-refractivity contribution in [1.29, 1.82) is 0 Å². The van der Waals surface area contributed by atoms with Crippen LogP contribution in [0.2, 0.25) is 0 Å². The minimum absolute atomic E-state index is 0. The van der Waals surface area contributed by atoms with E-state index in [9.17, 15) is 0 Å². The summed E-state index contributed by atoms with van der Waals surface area (Å²) in [4.78, 5) is 0. The second-order valence-electron chi connectivity index (χ2n) is 5.60. The van der Waals surface area contributed by atoms with E-state index in [0.29, 0.717) is 11.8 Å². The largest absolute Gasteiger partial charge is 1.00 e. The third-order valence-corrected chi connectivity index (χ3v) is 4.84. The summed E-state index contributed by atoms with van der Waals surface area (Å²) in [6.45, 7) is 8.96. The first-order chi connectivity index (χ1) is 9.09. The standard InChI is InChI=1S/C12H18O.C5H5.2ClH.Ti/c1-8(2)10-6-5-7-11(9(3)4)12(10)13;1-2-4-5-3-1;;;/h5-9,13H,1-4H3;1-3H,4H2;2*1H;/q;;;;+3/p-3. The van der Waals surface area contributed by atoms with Crippen molar-refractivity contribution in [1.82, 2.24) is 0 Å². The van der Waals surface area contributed by atoms with E-state index in [-0.39, 0.29) is 24.8 Å². The summed E-state index contributed by atoms with van der Waals surface area (Å²) in [5.41, 5.74) is 2.70. The number of halogens is 2. The fourth-order valence-corrected chi connectivity index (χ4v) is 3.54. The Labute approximate surface area is 150 Å². The molecule has 0 aromatic heterocycles. The number of hydrogen-bond donors (Lipinski definition) is 0. The van der Waals surface area contributed by atoms with Gasteiger partial charge in [0.25, 0.3) is 0 Å². The van der Waals surface area contributed by atoms with E-state index in [4.69, 9.17) is 3.32 Å². The molecule has 1 aliphatic rings. The molecular formula is C17H22Cl2OTi.